The zero-order chi connectivity index (χ0) is 19.7. The van der Waals surface area contributed by atoms with E-state index in [1.54, 1.807) is 9.80 Å². The molecule has 0 spiro atoms. The van der Waals surface area contributed by atoms with Crippen LogP contribution in [0.5, 0.6) is 0 Å². The van der Waals surface area contributed by atoms with Gasteiger partial charge in [0.2, 0.25) is 22.9 Å². The third-order valence-corrected chi connectivity index (χ3v) is 7.14. The molecule has 9 heteroatoms. The van der Waals surface area contributed by atoms with Crippen LogP contribution < -0.4 is 4.90 Å². The summed E-state index contributed by atoms with van der Waals surface area (Å²) in [6, 6.07) is 0.340. The minimum atomic E-state index is -0.407. The smallest absolute Gasteiger partial charge is 0.242 e. The average Bonchev–Trinajstić information content (AvgIpc) is 3.34. The fourth-order valence-electron chi connectivity index (χ4n) is 4.47. The van der Waals surface area contributed by atoms with E-state index in [1.165, 1.54) is 30.6 Å². The molecule has 1 aromatic rings. The van der Waals surface area contributed by atoms with Crippen LogP contribution in [0.15, 0.2) is 0 Å². The Kier molecular flexibility index (Phi) is 5.61. The van der Waals surface area contributed by atoms with Gasteiger partial charge in [0.25, 0.3) is 0 Å². The van der Waals surface area contributed by atoms with Crippen molar-refractivity contribution < 1.29 is 14.4 Å². The summed E-state index contributed by atoms with van der Waals surface area (Å²) in [5.74, 6) is -0.544. The molecule has 8 nitrogen and oxygen atoms in total. The van der Waals surface area contributed by atoms with Gasteiger partial charge in [0.1, 0.15) is 5.01 Å². The summed E-state index contributed by atoms with van der Waals surface area (Å²) < 4.78 is 0. The molecule has 3 amide bonds. The number of nitrogens with zero attached hydrogens (tertiary/aromatic N) is 5. The van der Waals surface area contributed by atoms with Gasteiger partial charge in [0.05, 0.1) is 12.5 Å². The average molecular weight is 406 g/mol. The second kappa shape index (κ2) is 8.14. The Morgan fingerprint density at radius 3 is 2.57 bits per heavy atom. The summed E-state index contributed by atoms with van der Waals surface area (Å²) in [5, 5.41) is 9.59. The van der Waals surface area contributed by atoms with Crippen LogP contribution >= 0.6 is 11.3 Å². The maximum atomic E-state index is 13.0. The number of amides is 3. The molecule has 2 aliphatic heterocycles. The van der Waals surface area contributed by atoms with Gasteiger partial charge in [-0.1, -0.05) is 37.5 Å². The minimum absolute atomic E-state index is 0.0457. The van der Waals surface area contributed by atoms with Crippen molar-refractivity contribution in [2.75, 3.05) is 31.1 Å². The molecule has 0 radical (unpaired) electrons. The zero-order valence-electron chi connectivity index (χ0n) is 16.3. The van der Waals surface area contributed by atoms with E-state index >= 15 is 0 Å². The number of aromatic nitrogens is 2. The Morgan fingerprint density at radius 2 is 1.89 bits per heavy atom. The van der Waals surface area contributed by atoms with Crippen molar-refractivity contribution in [2.24, 2.45) is 5.92 Å². The van der Waals surface area contributed by atoms with Gasteiger partial charge in [-0.25, -0.2) is 0 Å². The summed E-state index contributed by atoms with van der Waals surface area (Å²) >= 11 is 1.40. The largest absolute Gasteiger partial charge is 0.336 e. The first-order valence-corrected chi connectivity index (χ1v) is 11.1. The highest BCUT2D eigenvalue weighted by molar-refractivity contribution is 7.15. The Labute approximate surface area is 168 Å². The molecule has 1 unspecified atom stereocenters. The SMILES string of the molecule is CCc1nnc(N2CC(C(=O)N3CCN(C4CCCCC4)C(=O)C3)CC2=O)s1. The van der Waals surface area contributed by atoms with Crippen molar-refractivity contribution in [2.45, 2.75) is 57.9 Å². The van der Waals surface area contributed by atoms with Crippen LogP contribution in [-0.2, 0) is 20.8 Å². The summed E-state index contributed by atoms with van der Waals surface area (Å²) in [5.41, 5.74) is 0. The van der Waals surface area contributed by atoms with Gasteiger partial charge < -0.3 is 9.80 Å². The zero-order valence-corrected chi connectivity index (χ0v) is 17.1. The number of hydrogen-bond acceptors (Lipinski definition) is 6. The Balaban J connectivity index is 1.36. The first-order valence-electron chi connectivity index (χ1n) is 10.3. The number of carbonyl (C=O) groups excluding carboxylic acids is 3. The lowest BCUT2D eigenvalue weighted by atomic mass is 9.93. The molecule has 1 saturated carbocycles. The lowest BCUT2D eigenvalue weighted by molar-refractivity contribution is -0.149. The van der Waals surface area contributed by atoms with Crippen molar-refractivity contribution in [3.8, 4) is 0 Å². The van der Waals surface area contributed by atoms with Crippen LogP contribution in [0.1, 0.15) is 50.5 Å². The van der Waals surface area contributed by atoms with E-state index in [1.807, 2.05) is 11.8 Å². The fraction of sp³-hybridized carbons (Fsp3) is 0.737. The predicted molar refractivity (Wildman–Crippen MR) is 105 cm³/mol. The van der Waals surface area contributed by atoms with Crippen LogP contribution in [0.2, 0.25) is 0 Å². The molecule has 1 atom stereocenters. The molecule has 3 fully saturated rings. The molecular weight excluding hydrogens is 378 g/mol. The molecule has 0 aromatic carbocycles. The van der Waals surface area contributed by atoms with Gasteiger partial charge in [-0.05, 0) is 19.3 Å². The van der Waals surface area contributed by atoms with Gasteiger partial charge in [0.15, 0.2) is 0 Å². The maximum Gasteiger partial charge on any atom is 0.242 e. The van der Waals surface area contributed by atoms with E-state index in [0.717, 1.165) is 24.3 Å². The number of rotatable bonds is 4. The molecule has 3 aliphatic rings. The summed E-state index contributed by atoms with van der Waals surface area (Å²) in [7, 11) is 0. The van der Waals surface area contributed by atoms with Gasteiger partial charge in [0, 0.05) is 32.1 Å². The second-order valence-corrected chi connectivity index (χ2v) is 8.92. The van der Waals surface area contributed by atoms with E-state index in [2.05, 4.69) is 10.2 Å². The maximum absolute atomic E-state index is 13.0. The van der Waals surface area contributed by atoms with Crippen LogP contribution in [0, 0.1) is 5.92 Å². The summed E-state index contributed by atoms with van der Waals surface area (Å²) in [4.78, 5) is 43.2. The van der Waals surface area contributed by atoms with Crippen LogP contribution in [0.3, 0.4) is 0 Å². The number of aryl methyl sites for hydroxylation is 1. The van der Waals surface area contributed by atoms with Gasteiger partial charge >= 0.3 is 0 Å². The number of anilines is 1. The second-order valence-electron chi connectivity index (χ2n) is 7.88. The number of carbonyl (C=O) groups is 3. The molecule has 0 N–H and O–H groups in total. The van der Waals surface area contributed by atoms with Crippen molar-refractivity contribution >= 4 is 34.2 Å². The van der Waals surface area contributed by atoms with E-state index in [4.69, 9.17) is 0 Å². The van der Waals surface area contributed by atoms with Gasteiger partial charge in [-0.2, -0.15) is 0 Å². The topological polar surface area (TPSA) is 86.7 Å². The third-order valence-electron chi connectivity index (χ3n) is 6.05. The van der Waals surface area contributed by atoms with E-state index in [9.17, 15) is 14.4 Å². The van der Waals surface area contributed by atoms with E-state index in [-0.39, 0.29) is 30.7 Å². The molecule has 4 rings (SSSR count). The Hall–Kier alpha value is -2.03. The number of piperazine rings is 1. The standard InChI is InChI=1S/C19H27N5O3S/c1-2-15-20-21-19(28-15)24-11-13(10-16(24)25)18(27)22-8-9-23(17(26)12-22)14-6-4-3-5-7-14/h13-14H,2-12H2,1H3. The third kappa shape index (κ3) is 3.76. The minimum Gasteiger partial charge on any atom is -0.336 e. The Bertz CT molecular complexity index is 761. The van der Waals surface area contributed by atoms with E-state index in [0.29, 0.717) is 30.8 Å². The van der Waals surface area contributed by atoms with Crippen molar-refractivity contribution in [1.29, 1.82) is 0 Å². The molecule has 152 valence electrons. The van der Waals surface area contributed by atoms with E-state index < -0.39 is 5.92 Å². The Morgan fingerprint density at radius 1 is 1.11 bits per heavy atom. The molecule has 2 saturated heterocycles. The fourth-order valence-corrected chi connectivity index (χ4v) is 5.27. The van der Waals surface area contributed by atoms with Crippen LogP contribution in [0.25, 0.3) is 0 Å². The normalized spacial score (nSPS) is 24.3. The lowest BCUT2D eigenvalue weighted by Crippen LogP contribution is -2.56. The monoisotopic (exact) mass is 405 g/mol. The van der Waals surface area contributed by atoms with Crippen LogP contribution in [-0.4, -0.2) is 69.9 Å². The highest BCUT2D eigenvalue weighted by atomic mass is 32.1. The summed E-state index contributed by atoms with van der Waals surface area (Å²) in [6.45, 7) is 3.62. The lowest BCUT2D eigenvalue weighted by Gasteiger charge is -2.41. The molecule has 1 aromatic heterocycles. The molecule has 3 heterocycles. The molecule has 1 aliphatic carbocycles. The molecule has 28 heavy (non-hydrogen) atoms. The highest BCUT2D eigenvalue weighted by Gasteiger charge is 2.41. The van der Waals surface area contributed by atoms with Crippen molar-refractivity contribution in [1.82, 2.24) is 20.0 Å². The van der Waals surface area contributed by atoms with Crippen molar-refractivity contribution in [3.05, 3.63) is 5.01 Å². The van der Waals surface area contributed by atoms with Crippen molar-refractivity contribution in [3.63, 3.8) is 0 Å². The highest BCUT2D eigenvalue weighted by Crippen LogP contribution is 2.30. The summed E-state index contributed by atoms with van der Waals surface area (Å²) in [6.07, 6.45) is 6.72. The molecule has 0 bridgehead atoms. The first-order chi connectivity index (χ1) is 13.6. The van der Waals surface area contributed by atoms with Gasteiger partial charge in [-0.15, -0.1) is 10.2 Å². The molecular formula is C19H27N5O3S. The van der Waals surface area contributed by atoms with Crippen LogP contribution in [0.4, 0.5) is 5.13 Å². The van der Waals surface area contributed by atoms with Gasteiger partial charge in [-0.3, -0.25) is 19.3 Å². The first kappa shape index (κ1) is 19.3. The number of hydrogen-bond donors (Lipinski definition) is 0. The quantitative estimate of drug-likeness (QED) is 0.757. The predicted octanol–water partition coefficient (Wildman–Crippen LogP) is 1.46.